The third kappa shape index (κ3) is 4.10. The van der Waals surface area contributed by atoms with Crippen molar-refractivity contribution in [3.05, 3.63) is 0 Å². The zero-order chi connectivity index (χ0) is 9.52. The van der Waals surface area contributed by atoms with Crippen LogP contribution < -0.4 is 0 Å². The van der Waals surface area contributed by atoms with Crippen LogP contribution in [-0.2, 0) is 4.74 Å². The van der Waals surface area contributed by atoms with Crippen molar-refractivity contribution < 1.29 is 9.84 Å². The molecular formula is C11H22O2. The Morgan fingerprint density at radius 2 is 2.15 bits per heavy atom. The molecule has 1 fully saturated rings. The fraction of sp³-hybridized carbons (Fsp3) is 1.00. The summed E-state index contributed by atoms with van der Waals surface area (Å²) >= 11 is 0. The SMILES string of the molecule is CC1CCCC1CCCOCCO. The first-order valence-electron chi connectivity index (χ1n) is 5.53. The highest BCUT2D eigenvalue weighted by molar-refractivity contribution is 4.73. The molecule has 2 unspecified atom stereocenters. The standard InChI is InChI=1S/C11H22O2/c1-10-4-2-5-11(10)6-3-8-13-9-7-12/h10-12H,2-9H2,1H3. The van der Waals surface area contributed by atoms with Crippen molar-refractivity contribution in [1.29, 1.82) is 0 Å². The van der Waals surface area contributed by atoms with Crippen LogP contribution in [0, 0.1) is 11.8 Å². The average Bonchev–Trinajstić information content (AvgIpc) is 2.52. The topological polar surface area (TPSA) is 29.5 Å². The van der Waals surface area contributed by atoms with Crippen molar-refractivity contribution in [2.24, 2.45) is 11.8 Å². The minimum Gasteiger partial charge on any atom is -0.394 e. The van der Waals surface area contributed by atoms with Crippen LogP contribution in [0.5, 0.6) is 0 Å². The van der Waals surface area contributed by atoms with Crippen LogP contribution in [0.1, 0.15) is 39.0 Å². The minimum atomic E-state index is 0.153. The van der Waals surface area contributed by atoms with Gasteiger partial charge in [0.25, 0.3) is 0 Å². The Kier molecular flexibility index (Phi) is 5.40. The molecule has 0 aliphatic heterocycles. The van der Waals surface area contributed by atoms with Gasteiger partial charge in [0.1, 0.15) is 0 Å². The molecule has 0 aromatic heterocycles. The van der Waals surface area contributed by atoms with E-state index in [2.05, 4.69) is 6.92 Å². The quantitative estimate of drug-likeness (QED) is 0.644. The Hall–Kier alpha value is -0.0800. The molecule has 1 aliphatic rings. The molecule has 0 amide bonds. The van der Waals surface area contributed by atoms with Gasteiger partial charge in [0.05, 0.1) is 13.2 Å². The van der Waals surface area contributed by atoms with Crippen molar-refractivity contribution in [3.63, 3.8) is 0 Å². The van der Waals surface area contributed by atoms with Crippen molar-refractivity contribution in [3.8, 4) is 0 Å². The first kappa shape index (κ1) is 11.0. The third-order valence-corrected chi connectivity index (χ3v) is 3.14. The Labute approximate surface area is 81.3 Å². The van der Waals surface area contributed by atoms with Crippen molar-refractivity contribution >= 4 is 0 Å². The van der Waals surface area contributed by atoms with Crippen LogP contribution in [0.25, 0.3) is 0 Å². The number of hydrogen-bond acceptors (Lipinski definition) is 2. The number of rotatable bonds is 6. The van der Waals surface area contributed by atoms with E-state index >= 15 is 0 Å². The molecule has 1 N–H and O–H groups in total. The molecule has 1 aliphatic carbocycles. The molecule has 0 spiro atoms. The van der Waals surface area contributed by atoms with Gasteiger partial charge in [-0.15, -0.1) is 0 Å². The van der Waals surface area contributed by atoms with Crippen LogP contribution in [0.2, 0.25) is 0 Å². The van der Waals surface area contributed by atoms with Gasteiger partial charge in [-0.25, -0.2) is 0 Å². The fourth-order valence-corrected chi connectivity index (χ4v) is 2.27. The summed E-state index contributed by atoms with van der Waals surface area (Å²) in [5.41, 5.74) is 0. The number of aliphatic hydroxyl groups excluding tert-OH is 1. The molecule has 1 saturated carbocycles. The smallest absolute Gasteiger partial charge is 0.0697 e. The first-order valence-corrected chi connectivity index (χ1v) is 5.53. The Bertz CT molecular complexity index is 125. The van der Waals surface area contributed by atoms with Gasteiger partial charge in [-0.3, -0.25) is 0 Å². The molecule has 1 rings (SSSR count). The highest BCUT2D eigenvalue weighted by Crippen LogP contribution is 2.34. The van der Waals surface area contributed by atoms with Gasteiger partial charge < -0.3 is 9.84 Å². The van der Waals surface area contributed by atoms with Crippen LogP contribution in [0.15, 0.2) is 0 Å². The minimum absolute atomic E-state index is 0.153. The van der Waals surface area contributed by atoms with Gasteiger partial charge in [-0.05, 0) is 24.7 Å². The maximum Gasteiger partial charge on any atom is 0.0697 e. The van der Waals surface area contributed by atoms with Crippen molar-refractivity contribution in [1.82, 2.24) is 0 Å². The van der Waals surface area contributed by atoms with Crippen LogP contribution >= 0.6 is 0 Å². The van der Waals surface area contributed by atoms with Crippen LogP contribution in [-0.4, -0.2) is 24.9 Å². The van der Waals surface area contributed by atoms with Gasteiger partial charge in [-0.1, -0.05) is 26.2 Å². The second kappa shape index (κ2) is 6.39. The van der Waals surface area contributed by atoms with E-state index in [1.54, 1.807) is 0 Å². The predicted molar refractivity (Wildman–Crippen MR) is 53.6 cm³/mol. The lowest BCUT2D eigenvalue weighted by Crippen LogP contribution is -2.06. The number of hydrogen-bond donors (Lipinski definition) is 1. The summed E-state index contributed by atoms with van der Waals surface area (Å²) in [6, 6.07) is 0. The van der Waals surface area contributed by atoms with Gasteiger partial charge in [-0.2, -0.15) is 0 Å². The zero-order valence-corrected chi connectivity index (χ0v) is 8.67. The predicted octanol–water partition coefficient (Wildman–Crippen LogP) is 2.21. The molecule has 78 valence electrons. The summed E-state index contributed by atoms with van der Waals surface area (Å²) < 4.78 is 5.23. The third-order valence-electron chi connectivity index (χ3n) is 3.14. The van der Waals surface area contributed by atoms with Gasteiger partial charge in [0.2, 0.25) is 0 Å². The molecule has 0 saturated heterocycles. The highest BCUT2D eigenvalue weighted by Gasteiger charge is 2.22. The summed E-state index contributed by atoms with van der Waals surface area (Å²) in [5.74, 6) is 1.87. The van der Waals surface area contributed by atoms with Crippen LogP contribution in [0.4, 0.5) is 0 Å². The molecule has 13 heavy (non-hydrogen) atoms. The molecule has 2 nitrogen and oxygen atoms in total. The molecule has 2 atom stereocenters. The first-order chi connectivity index (χ1) is 6.34. The van der Waals surface area contributed by atoms with E-state index in [9.17, 15) is 0 Å². The van der Waals surface area contributed by atoms with E-state index in [0.717, 1.165) is 24.9 Å². The van der Waals surface area contributed by atoms with E-state index in [0.29, 0.717) is 6.61 Å². The molecule has 0 bridgehead atoms. The average molecular weight is 186 g/mol. The van der Waals surface area contributed by atoms with Gasteiger partial charge >= 0.3 is 0 Å². The van der Waals surface area contributed by atoms with Crippen LogP contribution in [0.3, 0.4) is 0 Å². The van der Waals surface area contributed by atoms with Crippen molar-refractivity contribution in [2.75, 3.05) is 19.8 Å². The summed E-state index contributed by atoms with van der Waals surface area (Å²) in [6.45, 7) is 3.84. The lowest BCUT2D eigenvalue weighted by Gasteiger charge is -2.14. The summed E-state index contributed by atoms with van der Waals surface area (Å²) in [7, 11) is 0. The maximum absolute atomic E-state index is 8.49. The number of ether oxygens (including phenoxy) is 1. The zero-order valence-electron chi connectivity index (χ0n) is 8.67. The molecule has 0 heterocycles. The van der Waals surface area contributed by atoms with E-state index < -0.39 is 0 Å². The Morgan fingerprint density at radius 1 is 1.31 bits per heavy atom. The van der Waals surface area contributed by atoms with E-state index in [1.165, 1.54) is 25.7 Å². The highest BCUT2D eigenvalue weighted by atomic mass is 16.5. The fourth-order valence-electron chi connectivity index (χ4n) is 2.27. The molecular weight excluding hydrogens is 164 g/mol. The maximum atomic E-state index is 8.49. The molecule has 0 radical (unpaired) electrons. The van der Waals surface area contributed by atoms with E-state index in [4.69, 9.17) is 9.84 Å². The summed E-state index contributed by atoms with van der Waals surface area (Å²) in [4.78, 5) is 0. The molecule has 0 aromatic carbocycles. The normalized spacial score (nSPS) is 28.2. The Balaban J connectivity index is 1.93. The molecule has 2 heteroatoms. The van der Waals surface area contributed by atoms with Gasteiger partial charge in [0, 0.05) is 6.61 Å². The second-order valence-electron chi connectivity index (χ2n) is 4.15. The van der Waals surface area contributed by atoms with E-state index in [1.807, 2.05) is 0 Å². The van der Waals surface area contributed by atoms with Gasteiger partial charge in [0.15, 0.2) is 0 Å². The second-order valence-corrected chi connectivity index (χ2v) is 4.15. The summed E-state index contributed by atoms with van der Waals surface area (Å²) in [5, 5.41) is 8.49. The number of aliphatic hydroxyl groups is 1. The summed E-state index contributed by atoms with van der Waals surface area (Å²) in [6.07, 6.45) is 6.73. The Morgan fingerprint density at radius 3 is 2.77 bits per heavy atom. The largest absolute Gasteiger partial charge is 0.394 e. The lowest BCUT2D eigenvalue weighted by atomic mass is 9.93. The van der Waals surface area contributed by atoms with Crippen molar-refractivity contribution in [2.45, 2.75) is 39.0 Å². The monoisotopic (exact) mass is 186 g/mol. The molecule has 0 aromatic rings. The lowest BCUT2D eigenvalue weighted by molar-refractivity contribution is 0.0868. The van der Waals surface area contributed by atoms with E-state index in [-0.39, 0.29) is 6.61 Å².